The van der Waals surface area contributed by atoms with E-state index in [-0.39, 0.29) is 11.0 Å². The van der Waals surface area contributed by atoms with E-state index in [0.717, 1.165) is 19.3 Å². The minimum Gasteiger partial charge on any atom is -0.465 e. The predicted molar refractivity (Wildman–Crippen MR) is 51.8 cm³/mol. The van der Waals surface area contributed by atoms with E-state index >= 15 is 0 Å². The molecule has 13 heavy (non-hydrogen) atoms. The van der Waals surface area contributed by atoms with Crippen LogP contribution >= 0.6 is 0 Å². The molecule has 0 bridgehead atoms. The fraction of sp³-hybridized carbons (Fsp3) is 0.900. The van der Waals surface area contributed by atoms with Gasteiger partial charge in [0.2, 0.25) is 0 Å². The normalized spacial score (nSPS) is 32.5. The van der Waals surface area contributed by atoms with Gasteiger partial charge in [0.05, 0.1) is 0 Å². The summed E-state index contributed by atoms with van der Waals surface area (Å²) in [6.07, 6.45) is 3.48. The van der Waals surface area contributed by atoms with Gasteiger partial charge in [-0.1, -0.05) is 26.7 Å². The Bertz CT molecular complexity index is 213. The summed E-state index contributed by atoms with van der Waals surface area (Å²) in [7, 11) is 0. The molecular weight excluding hydrogens is 166 g/mol. The first-order valence-corrected chi connectivity index (χ1v) is 4.88. The topological polar surface area (TPSA) is 49.3 Å². The Morgan fingerprint density at radius 1 is 1.23 bits per heavy atom. The van der Waals surface area contributed by atoms with E-state index < -0.39 is 6.09 Å². The van der Waals surface area contributed by atoms with Gasteiger partial charge in [0.15, 0.2) is 0 Å². The van der Waals surface area contributed by atoms with E-state index in [1.807, 2.05) is 6.92 Å². The van der Waals surface area contributed by atoms with Crippen molar-refractivity contribution >= 4 is 6.09 Å². The zero-order chi connectivity index (χ0) is 10.1. The van der Waals surface area contributed by atoms with Crippen LogP contribution in [0.1, 0.15) is 46.5 Å². The van der Waals surface area contributed by atoms with Crippen LogP contribution in [0.15, 0.2) is 0 Å². The van der Waals surface area contributed by atoms with Crippen LogP contribution in [-0.4, -0.2) is 16.7 Å². The molecule has 1 rings (SSSR count). The smallest absolute Gasteiger partial charge is 0.405 e. The fourth-order valence-electron chi connectivity index (χ4n) is 2.13. The van der Waals surface area contributed by atoms with E-state index in [1.54, 1.807) is 0 Å². The Balaban J connectivity index is 2.77. The van der Waals surface area contributed by atoms with Crippen LogP contribution in [0.3, 0.4) is 0 Å². The molecule has 1 saturated carbocycles. The summed E-state index contributed by atoms with van der Waals surface area (Å²) in [4.78, 5) is 10.6. The van der Waals surface area contributed by atoms with E-state index in [9.17, 15) is 4.79 Å². The van der Waals surface area contributed by atoms with Crippen molar-refractivity contribution in [1.82, 2.24) is 5.32 Å². The van der Waals surface area contributed by atoms with Crippen LogP contribution < -0.4 is 5.32 Å². The summed E-state index contributed by atoms with van der Waals surface area (Å²) in [5.41, 5.74) is -0.180. The van der Waals surface area contributed by atoms with Crippen LogP contribution in [0.4, 0.5) is 4.79 Å². The molecule has 2 N–H and O–H groups in total. The molecule has 1 unspecified atom stereocenters. The average molecular weight is 185 g/mol. The van der Waals surface area contributed by atoms with Gasteiger partial charge < -0.3 is 10.4 Å². The minimum atomic E-state index is -0.905. The maximum Gasteiger partial charge on any atom is 0.405 e. The van der Waals surface area contributed by atoms with E-state index in [1.165, 1.54) is 6.42 Å². The second-order valence-corrected chi connectivity index (χ2v) is 4.85. The molecule has 1 aliphatic rings. The number of carbonyl (C=O) groups is 1. The first kappa shape index (κ1) is 10.4. The van der Waals surface area contributed by atoms with Crippen LogP contribution in [0.25, 0.3) is 0 Å². The second-order valence-electron chi connectivity index (χ2n) is 4.85. The van der Waals surface area contributed by atoms with Crippen molar-refractivity contribution in [2.45, 2.75) is 52.0 Å². The average Bonchev–Trinajstić information content (AvgIpc) is 1.94. The lowest BCUT2D eigenvalue weighted by molar-refractivity contribution is 0.0751. The molecular formula is C10H19NO2. The van der Waals surface area contributed by atoms with Crippen molar-refractivity contribution in [2.75, 3.05) is 0 Å². The summed E-state index contributed by atoms with van der Waals surface area (Å²) in [6, 6.07) is 0. The van der Waals surface area contributed by atoms with E-state index in [2.05, 4.69) is 19.2 Å². The summed E-state index contributed by atoms with van der Waals surface area (Å²) < 4.78 is 0. The van der Waals surface area contributed by atoms with Crippen molar-refractivity contribution in [3.8, 4) is 0 Å². The SMILES string of the molecule is CC1(C)CCCCC1(C)NC(=O)O. The Hall–Kier alpha value is -0.730. The van der Waals surface area contributed by atoms with E-state index in [4.69, 9.17) is 5.11 Å². The maximum atomic E-state index is 10.6. The zero-order valence-electron chi connectivity index (χ0n) is 8.68. The highest BCUT2D eigenvalue weighted by Crippen LogP contribution is 2.43. The Morgan fingerprint density at radius 2 is 1.77 bits per heavy atom. The molecule has 76 valence electrons. The molecule has 0 aromatic heterocycles. The van der Waals surface area contributed by atoms with Gasteiger partial charge >= 0.3 is 6.09 Å². The first-order chi connectivity index (χ1) is 5.87. The zero-order valence-corrected chi connectivity index (χ0v) is 8.68. The van der Waals surface area contributed by atoms with Gasteiger partial charge in [-0.05, 0) is 25.2 Å². The second kappa shape index (κ2) is 3.20. The Morgan fingerprint density at radius 3 is 2.23 bits per heavy atom. The molecule has 0 heterocycles. The van der Waals surface area contributed by atoms with Gasteiger partial charge in [-0.2, -0.15) is 0 Å². The highest BCUT2D eigenvalue weighted by Gasteiger charge is 2.43. The molecule has 1 amide bonds. The van der Waals surface area contributed by atoms with Crippen LogP contribution in [-0.2, 0) is 0 Å². The lowest BCUT2D eigenvalue weighted by Crippen LogP contribution is -2.57. The largest absolute Gasteiger partial charge is 0.465 e. The molecule has 0 spiro atoms. The van der Waals surface area contributed by atoms with Crippen LogP contribution in [0.5, 0.6) is 0 Å². The summed E-state index contributed by atoms with van der Waals surface area (Å²) in [5.74, 6) is 0. The van der Waals surface area contributed by atoms with Gasteiger partial charge in [0.1, 0.15) is 0 Å². The van der Waals surface area contributed by atoms with Gasteiger partial charge in [-0.15, -0.1) is 0 Å². The molecule has 1 atom stereocenters. The molecule has 1 fully saturated rings. The number of rotatable bonds is 1. The predicted octanol–water partition coefficient (Wildman–Crippen LogP) is 2.61. The number of amides is 1. The quantitative estimate of drug-likeness (QED) is 0.659. The van der Waals surface area contributed by atoms with E-state index in [0.29, 0.717) is 0 Å². The summed E-state index contributed by atoms with van der Waals surface area (Å²) >= 11 is 0. The van der Waals surface area contributed by atoms with Crippen molar-refractivity contribution in [3.63, 3.8) is 0 Å². The van der Waals surface area contributed by atoms with Crippen LogP contribution in [0, 0.1) is 5.41 Å². The third-order valence-corrected chi connectivity index (χ3v) is 3.61. The maximum absolute atomic E-state index is 10.6. The minimum absolute atomic E-state index is 0.0731. The number of hydrogen-bond acceptors (Lipinski definition) is 1. The highest BCUT2D eigenvalue weighted by molar-refractivity contribution is 5.65. The Kier molecular flexibility index (Phi) is 2.55. The van der Waals surface area contributed by atoms with Gasteiger partial charge in [-0.3, -0.25) is 0 Å². The molecule has 3 nitrogen and oxygen atoms in total. The summed E-state index contributed by atoms with van der Waals surface area (Å²) in [5, 5.41) is 11.4. The molecule has 0 aromatic carbocycles. The van der Waals surface area contributed by atoms with Crippen LogP contribution in [0.2, 0.25) is 0 Å². The third kappa shape index (κ3) is 1.95. The standard InChI is InChI=1S/C10H19NO2/c1-9(2)6-4-5-7-10(9,3)11-8(12)13/h11H,4-7H2,1-3H3,(H,12,13). The molecule has 0 saturated heterocycles. The third-order valence-electron chi connectivity index (χ3n) is 3.61. The molecule has 1 aliphatic carbocycles. The monoisotopic (exact) mass is 185 g/mol. The lowest BCUT2D eigenvalue weighted by atomic mass is 9.64. The molecule has 0 aromatic rings. The van der Waals surface area contributed by atoms with Crippen molar-refractivity contribution < 1.29 is 9.90 Å². The number of nitrogens with one attached hydrogen (secondary N) is 1. The molecule has 0 aliphatic heterocycles. The van der Waals surface area contributed by atoms with Gasteiger partial charge in [0.25, 0.3) is 0 Å². The Labute approximate surface area is 79.5 Å². The summed E-state index contributed by atoms with van der Waals surface area (Å²) in [6.45, 7) is 6.30. The van der Waals surface area contributed by atoms with Crippen molar-refractivity contribution in [1.29, 1.82) is 0 Å². The van der Waals surface area contributed by atoms with Gasteiger partial charge in [-0.25, -0.2) is 4.79 Å². The fourth-order valence-corrected chi connectivity index (χ4v) is 2.13. The molecule has 3 heteroatoms. The first-order valence-electron chi connectivity index (χ1n) is 4.88. The van der Waals surface area contributed by atoms with Gasteiger partial charge in [0, 0.05) is 5.54 Å². The van der Waals surface area contributed by atoms with Crippen molar-refractivity contribution in [2.24, 2.45) is 5.41 Å². The lowest BCUT2D eigenvalue weighted by Gasteiger charge is -2.47. The van der Waals surface area contributed by atoms with Crippen molar-refractivity contribution in [3.05, 3.63) is 0 Å². The highest BCUT2D eigenvalue weighted by atomic mass is 16.4. The number of hydrogen-bond donors (Lipinski definition) is 2. The molecule has 0 radical (unpaired) electrons. The number of carboxylic acid groups (broad SMARTS) is 1.